The van der Waals surface area contributed by atoms with Crippen molar-refractivity contribution in [3.05, 3.63) is 33.3 Å². The molecule has 1 amide bonds. The van der Waals surface area contributed by atoms with Gasteiger partial charge in [-0.1, -0.05) is 25.4 Å². The third-order valence-corrected chi connectivity index (χ3v) is 4.13. The monoisotopic (exact) mass is 371 g/mol. The number of nitrogens with zero attached hydrogens (tertiary/aromatic N) is 1. The van der Waals surface area contributed by atoms with Gasteiger partial charge in [0, 0.05) is 11.1 Å². The molecule has 1 fully saturated rings. The minimum absolute atomic E-state index is 0.157. The van der Waals surface area contributed by atoms with Gasteiger partial charge >= 0.3 is 0 Å². The van der Waals surface area contributed by atoms with E-state index in [-0.39, 0.29) is 23.2 Å². The van der Waals surface area contributed by atoms with Crippen LogP contribution in [0.25, 0.3) is 0 Å². The highest BCUT2D eigenvalue weighted by Gasteiger charge is 2.31. The molecule has 3 atom stereocenters. The van der Waals surface area contributed by atoms with Gasteiger partial charge in [0.05, 0.1) is 17.6 Å². The average molecular weight is 372 g/mol. The van der Waals surface area contributed by atoms with E-state index in [1.165, 1.54) is 18.2 Å². The number of anilines is 1. The molecule has 0 aromatic heterocycles. The van der Waals surface area contributed by atoms with Gasteiger partial charge in [-0.15, -0.1) is 0 Å². The smallest absolute Gasteiger partial charge is 0.292 e. The van der Waals surface area contributed by atoms with Crippen molar-refractivity contribution in [3.63, 3.8) is 0 Å². The standard InChI is InChI=1S/C16H22ClN3O5/c1-9(2)7-13(15(21)19-11-5-6-25-16(11)22)18-12-8-10(17)3-4-14(12)20(23)24/h3-4,8-9,11,13,16,18,22H,5-7H2,1-2H3,(H,19,21)/t11-,13-,16?/m0/s1. The first kappa shape index (κ1) is 19.4. The molecule has 1 heterocycles. The second kappa shape index (κ2) is 8.46. The predicted octanol–water partition coefficient (Wildman–Crippen LogP) is 2.30. The minimum Gasteiger partial charge on any atom is -0.368 e. The number of carbonyl (C=O) groups excluding carboxylic acids is 1. The van der Waals surface area contributed by atoms with Crippen molar-refractivity contribution < 1.29 is 19.6 Å². The Balaban J connectivity index is 2.18. The largest absolute Gasteiger partial charge is 0.368 e. The molecule has 1 aliphatic heterocycles. The molecule has 2 rings (SSSR count). The molecule has 3 N–H and O–H groups in total. The molecule has 1 unspecified atom stereocenters. The number of hydrogen-bond donors (Lipinski definition) is 3. The summed E-state index contributed by atoms with van der Waals surface area (Å²) in [6.45, 7) is 4.26. The molecule has 1 aromatic rings. The van der Waals surface area contributed by atoms with E-state index in [4.69, 9.17) is 16.3 Å². The van der Waals surface area contributed by atoms with E-state index in [2.05, 4.69) is 10.6 Å². The number of aliphatic hydroxyl groups excluding tert-OH is 1. The van der Waals surface area contributed by atoms with Gasteiger partial charge in [0.1, 0.15) is 11.7 Å². The van der Waals surface area contributed by atoms with Crippen molar-refractivity contribution in [2.45, 2.75) is 45.1 Å². The van der Waals surface area contributed by atoms with E-state index in [1.807, 2.05) is 13.8 Å². The maximum atomic E-state index is 12.6. The second-order valence-electron chi connectivity index (χ2n) is 6.41. The van der Waals surface area contributed by atoms with E-state index >= 15 is 0 Å². The van der Waals surface area contributed by atoms with Crippen LogP contribution < -0.4 is 10.6 Å². The second-order valence-corrected chi connectivity index (χ2v) is 6.85. The molecule has 1 aliphatic rings. The van der Waals surface area contributed by atoms with Gasteiger partial charge in [-0.2, -0.15) is 0 Å². The number of nitrogens with one attached hydrogen (secondary N) is 2. The third-order valence-electron chi connectivity index (χ3n) is 3.90. The van der Waals surface area contributed by atoms with Crippen molar-refractivity contribution >= 4 is 28.9 Å². The maximum absolute atomic E-state index is 12.6. The number of nitro groups is 1. The summed E-state index contributed by atoms with van der Waals surface area (Å²) in [5.74, 6) is -0.177. The average Bonchev–Trinajstić information content (AvgIpc) is 2.91. The van der Waals surface area contributed by atoms with Gasteiger partial charge < -0.3 is 20.5 Å². The van der Waals surface area contributed by atoms with Crippen LogP contribution in [-0.4, -0.2) is 40.9 Å². The van der Waals surface area contributed by atoms with Crippen LogP contribution in [0.4, 0.5) is 11.4 Å². The molecule has 0 radical (unpaired) electrons. The van der Waals surface area contributed by atoms with E-state index in [0.29, 0.717) is 24.5 Å². The lowest BCUT2D eigenvalue weighted by Gasteiger charge is -2.24. The Bertz CT molecular complexity index is 640. The Labute approximate surface area is 150 Å². The van der Waals surface area contributed by atoms with Crippen LogP contribution in [0.1, 0.15) is 26.7 Å². The number of nitro benzene ring substituents is 1. The lowest BCUT2D eigenvalue weighted by atomic mass is 10.0. The molecule has 1 aromatic carbocycles. The van der Waals surface area contributed by atoms with Crippen LogP contribution in [0.3, 0.4) is 0 Å². The highest BCUT2D eigenvalue weighted by molar-refractivity contribution is 6.31. The van der Waals surface area contributed by atoms with Crippen LogP contribution in [0.5, 0.6) is 0 Å². The van der Waals surface area contributed by atoms with Gasteiger partial charge in [-0.05, 0) is 30.9 Å². The first-order valence-corrected chi connectivity index (χ1v) is 8.46. The summed E-state index contributed by atoms with van der Waals surface area (Å²) in [4.78, 5) is 23.3. The Morgan fingerprint density at radius 1 is 1.52 bits per heavy atom. The Hall–Kier alpha value is -1.90. The topological polar surface area (TPSA) is 114 Å². The predicted molar refractivity (Wildman–Crippen MR) is 93.5 cm³/mol. The summed E-state index contributed by atoms with van der Waals surface area (Å²) in [6, 6.07) is 2.95. The van der Waals surface area contributed by atoms with Gasteiger partial charge in [0.15, 0.2) is 6.29 Å². The van der Waals surface area contributed by atoms with Gasteiger partial charge in [-0.25, -0.2) is 0 Å². The molecular formula is C16H22ClN3O5. The summed E-state index contributed by atoms with van der Waals surface area (Å²) in [5.41, 5.74) is 0.0247. The summed E-state index contributed by atoms with van der Waals surface area (Å²) in [5, 5.41) is 26.9. The molecule has 138 valence electrons. The summed E-state index contributed by atoms with van der Waals surface area (Å²) < 4.78 is 5.03. The SMILES string of the molecule is CC(C)C[C@H](Nc1cc(Cl)ccc1[N+](=O)[O-])C(=O)N[C@H]1CCOC1O. The van der Waals surface area contributed by atoms with E-state index in [9.17, 15) is 20.0 Å². The first-order valence-electron chi connectivity index (χ1n) is 8.08. The summed E-state index contributed by atoms with van der Waals surface area (Å²) in [7, 11) is 0. The van der Waals surface area contributed by atoms with Crippen molar-refractivity contribution in [1.82, 2.24) is 5.32 Å². The van der Waals surface area contributed by atoms with Crippen molar-refractivity contribution in [2.24, 2.45) is 5.92 Å². The van der Waals surface area contributed by atoms with Crippen molar-refractivity contribution in [1.29, 1.82) is 0 Å². The number of ether oxygens (including phenoxy) is 1. The molecule has 8 nitrogen and oxygen atoms in total. The van der Waals surface area contributed by atoms with E-state index in [0.717, 1.165) is 0 Å². The molecule has 0 aliphatic carbocycles. The summed E-state index contributed by atoms with van der Waals surface area (Å²) in [6.07, 6.45) is -0.0678. The number of amides is 1. The zero-order valence-corrected chi connectivity index (χ0v) is 14.8. The lowest BCUT2D eigenvalue weighted by Crippen LogP contribution is -2.48. The fourth-order valence-corrected chi connectivity index (χ4v) is 2.85. The Morgan fingerprint density at radius 3 is 2.80 bits per heavy atom. The molecule has 25 heavy (non-hydrogen) atoms. The van der Waals surface area contributed by atoms with Crippen LogP contribution in [0.15, 0.2) is 18.2 Å². The minimum atomic E-state index is -1.04. The number of rotatable bonds is 7. The molecule has 9 heteroatoms. The van der Waals surface area contributed by atoms with Gasteiger partial charge in [0.25, 0.3) is 5.69 Å². The highest BCUT2D eigenvalue weighted by atomic mass is 35.5. The van der Waals surface area contributed by atoms with Gasteiger partial charge in [-0.3, -0.25) is 14.9 Å². The first-order chi connectivity index (χ1) is 11.8. The lowest BCUT2D eigenvalue weighted by molar-refractivity contribution is -0.384. The Morgan fingerprint density at radius 2 is 2.24 bits per heavy atom. The van der Waals surface area contributed by atoms with Crippen LogP contribution in [0, 0.1) is 16.0 Å². The highest BCUT2D eigenvalue weighted by Crippen LogP contribution is 2.29. The number of aliphatic hydroxyl groups is 1. The van der Waals surface area contributed by atoms with E-state index in [1.54, 1.807) is 0 Å². The molecule has 1 saturated heterocycles. The normalized spacial score (nSPS) is 21.2. The number of halogens is 1. The summed E-state index contributed by atoms with van der Waals surface area (Å²) >= 11 is 5.93. The molecule has 0 saturated carbocycles. The zero-order valence-electron chi connectivity index (χ0n) is 14.1. The fourth-order valence-electron chi connectivity index (χ4n) is 2.67. The molecule has 0 spiro atoms. The van der Waals surface area contributed by atoms with Crippen LogP contribution in [0.2, 0.25) is 5.02 Å². The van der Waals surface area contributed by atoms with Gasteiger partial charge in [0.2, 0.25) is 5.91 Å². The van der Waals surface area contributed by atoms with Crippen molar-refractivity contribution in [3.8, 4) is 0 Å². The van der Waals surface area contributed by atoms with Crippen LogP contribution in [-0.2, 0) is 9.53 Å². The van der Waals surface area contributed by atoms with Crippen LogP contribution >= 0.6 is 11.6 Å². The zero-order chi connectivity index (χ0) is 18.6. The third kappa shape index (κ3) is 5.29. The number of benzene rings is 1. The number of carbonyl (C=O) groups is 1. The Kier molecular flexibility index (Phi) is 6.57. The molecular weight excluding hydrogens is 350 g/mol. The number of hydrogen-bond acceptors (Lipinski definition) is 6. The quantitative estimate of drug-likeness (QED) is 0.500. The molecule has 0 bridgehead atoms. The van der Waals surface area contributed by atoms with Crippen molar-refractivity contribution in [2.75, 3.05) is 11.9 Å². The fraction of sp³-hybridized carbons (Fsp3) is 0.562. The van der Waals surface area contributed by atoms with E-state index < -0.39 is 23.3 Å². The maximum Gasteiger partial charge on any atom is 0.292 e.